The zero-order valence-corrected chi connectivity index (χ0v) is 10.7. The van der Waals surface area contributed by atoms with Gasteiger partial charge in [0.25, 0.3) is 5.69 Å². The number of nitro groups is 1. The van der Waals surface area contributed by atoms with Gasteiger partial charge in [0.05, 0.1) is 12.0 Å². The van der Waals surface area contributed by atoms with Gasteiger partial charge in [0.2, 0.25) is 0 Å². The molecule has 0 saturated carbocycles. The molecule has 0 radical (unpaired) electrons. The van der Waals surface area contributed by atoms with Crippen molar-refractivity contribution in [1.29, 1.82) is 5.26 Å². The maximum atomic E-state index is 10.9. The lowest BCUT2D eigenvalue weighted by Gasteiger charge is -2.07. The van der Waals surface area contributed by atoms with E-state index in [-0.39, 0.29) is 11.3 Å². The lowest BCUT2D eigenvalue weighted by atomic mass is 10.1. The summed E-state index contributed by atoms with van der Waals surface area (Å²) >= 11 is 0. The van der Waals surface area contributed by atoms with Gasteiger partial charge < -0.3 is 10.1 Å². The molecule has 0 aliphatic carbocycles. The highest BCUT2D eigenvalue weighted by molar-refractivity contribution is 5.65. The maximum absolute atomic E-state index is 10.9. The molecule has 1 N–H and O–H groups in total. The van der Waals surface area contributed by atoms with Crippen LogP contribution in [0.15, 0.2) is 42.5 Å². The van der Waals surface area contributed by atoms with E-state index in [9.17, 15) is 10.1 Å². The van der Waals surface area contributed by atoms with Gasteiger partial charge in [-0.1, -0.05) is 0 Å². The Morgan fingerprint density at radius 3 is 2.40 bits per heavy atom. The molecule has 0 aliphatic heterocycles. The molecular formula is C14H11N3O3. The normalized spacial score (nSPS) is 9.60. The van der Waals surface area contributed by atoms with E-state index in [1.54, 1.807) is 43.5 Å². The number of methoxy groups -OCH3 is 1. The van der Waals surface area contributed by atoms with Gasteiger partial charge >= 0.3 is 0 Å². The SMILES string of the molecule is COc1ccc(Nc2ccc(C#N)c([N+](=O)[O-])c2)cc1. The number of ether oxygens (including phenoxy) is 1. The minimum absolute atomic E-state index is 0.0373. The zero-order valence-electron chi connectivity index (χ0n) is 10.7. The molecular weight excluding hydrogens is 258 g/mol. The van der Waals surface area contributed by atoms with Gasteiger partial charge in [-0.05, 0) is 36.4 Å². The lowest BCUT2D eigenvalue weighted by Crippen LogP contribution is -1.96. The van der Waals surface area contributed by atoms with E-state index in [0.29, 0.717) is 5.69 Å². The summed E-state index contributed by atoms with van der Waals surface area (Å²) in [6, 6.07) is 13.3. The van der Waals surface area contributed by atoms with Crippen molar-refractivity contribution in [2.24, 2.45) is 0 Å². The summed E-state index contributed by atoms with van der Waals surface area (Å²) in [5.74, 6) is 0.723. The van der Waals surface area contributed by atoms with Gasteiger partial charge in [0.1, 0.15) is 17.4 Å². The van der Waals surface area contributed by atoms with E-state index >= 15 is 0 Å². The van der Waals surface area contributed by atoms with Crippen molar-refractivity contribution in [2.75, 3.05) is 12.4 Å². The quantitative estimate of drug-likeness (QED) is 0.680. The second-order valence-corrected chi connectivity index (χ2v) is 3.95. The molecule has 0 aliphatic rings. The molecule has 0 spiro atoms. The number of anilines is 2. The maximum Gasteiger partial charge on any atom is 0.289 e. The van der Waals surface area contributed by atoms with Crippen molar-refractivity contribution in [1.82, 2.24) is 0 Å². The summed E-state index contributed by atoms with van der Waals surface area (Å²) in [5, 5.41) is 22.7. The number of nitriles is 1. The topological polar surface area (TPSA) is 88.2 Å². The third kappa shape index (κ3) is 2.84. The van der Waals surface area contributed by atoms with Gasteiger partial charge in [-0.25, -0.2) is 0 Å². The van der Waals surface area contributed by atoms with Crippen LogP contribution in [-0.2, 0) is 0 Å². The average Bonchev–Trinajstić information content (AvgIpc) is 2.48. The van der Waals surface area contributed by atoms with Crippen LogP contribution in [0.2, 0.25) is 0 Å². The first-order chi connectivity index (χ1) is 9.63. The first kappa shape index (κ1) is 13.4. The summed E-state index contributed by atoms with van der Waals surface area (Å²) in [4.78, 5) is 10.3. The van der Waals surface area contributed by atoms with Gasteiger partial charge in [0.15, 0.2) is 0 Å². The first-order valence-electron chi connectivity index (χ1n) is 5.73. The van der Waals surface area contributed by atoms with E-state index in [1.165, 1.54) is 12.1 Å². The highest BCUT2D eigenvalue weighted by Gasteiger charge is 2.14. The first-order valence-corrected chi connectivity index (χ1v) is 5.73. The van der Waals surface area contributed by atoms with Gasteiger partial charge in [-0.3, -0.25) is 10.1 Å². The van der Waals surface area contributed by atoms with Gasteiger partial charge in [-0.15, -0.1) is 0 Å². The smallest absolute Gasteiger partial charge is 0.289 e. The Morgan fingerprint density at radius 1 is 1.20 bits per heavy atom. The molecule has 2 aromatic rings. The molecule has 0 saturated heterocycles. The molecule has 0 atom stereocenters. The fourth-order valence-electron chi connectivity index (χ4n) is 1.70. The van der Waals surface area contributed by atoms with Crippen LogP contribution in [0, 0.1) is 21.4 Å². The molecule has 6 heteroatoms. The molecule has 20 heavy (non-hydrogen) atoms. The lowest BCUT2D eigenvalue weighted by molar-refractivity contribution is -0.385. The van der Waals surface area contributed by atoms with Gasteiger partial charge in [0, 0.05) is 17.4 Å². The fourth-order valence-corrected chi connectivity index (χ4v) is 1.70. The average molecular weight is 269 g/mol. The number of hydrogen-bond acceptors (Lipinski definition) is 5. The Hall–Kier alpha value is -3.07. The van der Waals surface area contributed by atoms with E-state index < -0.39 is 4.92 Å². The predicted molar refractivity (Wildman–Crippen MR) is 74.1 cm³/mol. The standard InChI is InChI=1S/C14H11N3O3/c1-20-13-6-4-11(5-7-13)16-12-3-2-10(9-15)14(8-12)17(18)19/h2-8,16H,1H3. The summed E-state index contributed by atoms with van der Waals surface area (Å²) in [5.41, 5.74) is 1.13. The third-order valence-electron chi connectivity index (χ3n) is 2.69. The van der Waals surface area contributed by atoms with Crippen molar-refractivity contribution >= 4 is 17.1 Å². The summed E-state index contributed by atoms with van der Waals surface area (Å²) in [6.45, 7) is 0. The zero-order chi connectivity index (χ0) is 14.5. The monoisotopic (exact) mass is 269 g/mol. The van der Waals surface area contributed by atoms with Crippen LogP contribution in [0.4, 0.5) is 17.1 Å². The second kappa shape index (κ2) is 5.71. The Kier molecular flexibility index (Phi) is 3.82. The third-order valence-corrected chi connectivity index (χ3v) is 2.69. The van der Waals surface area contributed by atoms with Crippen molar-refractivity contribution < 1.29 is 9.66 Å². The summed E-state index contributed by atoms with van der Waals surface area (Å²) in [7, 11) is 1.58. The molecule has 2 rings (SSSR count). The van der Waals surface area contributed by atoms with Crippen LogP contribution in [0.1, 0.15) is 5.56 Å². The van der Waals surface area contributed by atoms with Crippen LogP contribution >= 0.6 is 0 Å². The van der Waals surface area contributed by atoms with Crippen LogP contribution in [0.3, 0.4) is 0 Å². The summed E-state index contributed by atoms with van der Waals surface area (Å²) < 4.78 is 5.05. The molecule has 6 nitrogen and oxygen atoms in total. The molecule has 0 heterocycles. The van der Waals surface area contributed by atoms with Crippen molar-refractivity contribution in [2.45, 2.75) is 0 Å². The van der Waals surface area contributed by atoms with Crippen molar-refractivity contribution in [3.8, 4) is 11.8 Å². The van der Waals surface area contributed by atoms with E-state index in [2.05, 4.69) is 5.32 Å². The van der Waals surface area contributed by atoms with Crippen LogP contribution < -0.4 is 10.1 Å². The van der Waals surface area contributed by atoms with Crippen molar-refractivity contribution in [3.63, 3.8) is 0 Å². The van der Waals surface area contributed by atoms with E-state index in [1.807, 2.05) is 0 Å². The molecule has 0 amide bonds. The number of nitrogens with one attached hydrogen (secondary N) is 1. The molecule has 0 fully saturated rings. The Labute approximate surface area is 115 Å². The molecule has 0 unspecified atom stereocenters. The molecule has 0 bridgehead atoms. The number of nitrogens with zero attached hydrogens (tertiary/aromatic N) is 2. The highest BCUT2D eigenvalue weighted by atomic mass is 16.6. The van der Waals surface area contributed by atoms with Crippen molar-refractivity contribution in [3.05, 3.63) is 58.1 Å². The number of rotatable bonds is 4. The molecule has 0 aromatic heterocycles. The largest absolute Gasteiger partial charge is 0.497 e. The molecule has 100 valence electrons. The minimum Gasteiger partial charge on any atom is -0.497 e. The Bertz CT molecular complexity index is 675. The number of benzene rings is 2. The fraction of sp³-hybridized carbons (Fsp3) is 0.0714. The number of hydrogen-bond donors (Lipinski definition) is 1. The minimum atomic E-state index is -0.572. The van der Waals surface area contributed by atoms with Crippen LogP contribution in [-0.4, -0.2) is 12.0 Å². The summed E-state index contributed by atoms with van der Waals surface area (Å²) in [6.07, 6.45) is 0. The Balaban J connectivity index is 2.27. The predicted octanol–water partition coefficient (Wildman–Crippen LogP) is 3.22. The van der Waals surface area contributed by atoms with Crippen LogP contribution in [0.5, 0.6) is 5.75 Å². The Morgan fingerprint density at radius 2 is 1.85 bits per heavy atom. The van der Waals surface area contributed by atoms with Crippen LogP contribution in [0.25, 0.3) is 0 Å². The second-order valence-electron chi connectivity index (χ2n) is 3.95. The number of nitro benzene ring substituents is 1. The van der Waals surface area contributed by atoms with E-state index in [0.717, 1.165) is 11.4 Å². The molecule has 2 aromatic carbocycles. The van der Waals surface area contributed by atoms with Gasteiger partial charge in [-0.2, -0.15) is 5.26 Å². The van der Waals surface area contributed by atoms with E-state index in [4.69, 9.17) is 10.00 Å². The highest BCUT2D eigenvalue weighted by Crippen LogP contribution is 2.25.